The number of ether oxygens (including phenoxy) is 2. The van der Waals surface area contributed by atoms with Crippen molar-refractivity contribution in [2.75, 3.05) is 13.2 Å². The number of carbonyl (C=O) groups excluding carboxylic acids is 1. The van der Waals surface area contributed by atoms with Crippen LogP contribution in [0.4, 0.5) is 0 Å². The van der Waals surface area contributed by atoms with Crippen molar-refractivity contribution in [2.24, 2.45) is 0 Å². The second-order valence-electron chi connectivity index (χ2n) is 7.57. The monoisotopic (exact) mass is 359 g/mol. The lowest BCUT2D eigenvalue weighted by molar-refractivity contribution is -0.128. The third kappa shape index (κ3) is 5.47. The van der Waals surface area contributed by atoms with E-state index in [1.807, 2.05) is 13.0 Å². The van der Waals surface area contributed by atoms with Crippen molar-refractivity contribution in [2.45, 2.75) is 83.3 Å². The minimum absolute atomic E-state index is 0.0221. The molecule has 2 aliphatic rings. The fraction of sp³-hybridized carbons (Fsp3) is 0.682. The average Bonchev–Trinajstić information content (AvgIpc) is 3.19. The van der Waals surface area contributed by atoms with E-state index < -0.39 is 6.10 Å². The van der Waals surface area contributed by atoms with E-state index in [1.54, 1.807) is 0 Å². The zero-order chi connectivity index (χ0) is 18.2. The van der Waals surface area contributed by atoms with Crippen LogP contribution in [-0.4, -0.2) is 31.3 Å². The molecule has 0 aliphatic heterocycles. The fourth-order valence-electron chi connectivity index (χ4n) is 3.97. The van der Waals surface area contributed by atoms with Crippen LogP contribution in [0.25, 0.3) is 0 Å². The fourth-order valence-corrected chi connectivity index (χ4v) is 3.97. The van der Waals surface area contributed by atoms with E-state index in [9.17, 15) is 4.79 Å². The Morgan fingerprint density at radius 2 is 1.92 bits per heavy atom. The maximum Gasteiger partial charge on any atom is 0.261 e. The molecule has 1 aromatic rings. The van der Waals surface area contributed by atoms with Crippen LogP contribution in [0.2, 0.25) is 0 Å². The summed E-state index contributed by atoms with van der Waals surface area (Å²) in [5, 5.41) is 3.00. The molecule has 144 valence electrons. The van der Waals surface area contributed by atoms with E-state index in [0.29, 0.717) is 19.1 Å². The number of fused-ring (bicyclic) bond motifs is 1. The Hall–Kier alpha value is -1.55. The van der Waals surface area contributed by atoms with Gasteiger partial charge in [0.2, 0.25) is 0 Å². The quantitative estimate of drug-likeness (QED) is 0.673. The molecular formula is C22H33NO3. The topological polar surface area (TPSA) is 47.6 Å². The zero-order valence-electron chi connectivity index (χ0n) is 16.1. The van der Waals surface area contributed by atoms with Crippen LogP contribution < -0.4 is 10.1 Å². The number of carbonyl (C=O) groups is 1. The number of rotatable bonds is 9. The smallest absolute Gasteiger partial charge is 0.261 e. The number of aryl methyl sites for hydroxylation is 2. The third-order valence-electron chi connectivity index (χ3n) is 5.54. The van der Waals surface area contributed by atoms with Gasteiger partial charge in [-0.2, -0.15) is 0 Å². The molecule has 1 fully saturated rings. The highest BCUT2D eigenvalue weighted by Gasteiger charge is 2.19. The molecule has 1 saturated carbocycles. The first-order valence-corrected chi connectivity index (χ1v) is 10.4. The largest absolute Gasteiger partial charge is 0.481 e. The molecule has 1 N–H and O–H groups in total. The van der Waals surface area contributed by atoms with Crippen molar-refractivity contribution >= 4 is 5.91 Å². The number of amides is 1. The van der Waals surface area contributed by atoms with Crippen molar-refractivity contribution in [3.8, 4) is 5.75 Å². The summed E-state index contributed by atoms with van der Waals surface area (Å²) in [4.78, 5) is 12.4. The number of nitrogens with one attached hydrogen (secondary N) is 1. The van der Waals surface area contributed by atoms with Gasteiger partial charge in [-0.1, -0.05) is 25.8 Å². The van der Waals surface area contributed by atoms with Crippen LogP contribution in [-0.2, 0) is 22.4 Å². The minimum Gasteiger partial charge on any atom is -0.481 e. The predicted octanol–water partition coefficient (Wildman–Crippen LogP) is 4.19. The Bertz CT molecular complexity index is 581. The minimum atomic E-state index is -0.424. The summed E-state index contributed by atoms with van der Waals surface area (Å²) in [6, 6.07) is 6.30. The molecule has 2 aliphatic carbocycles. The van der Waals surface area contributed by atoms with Crippen LogP contribution in [0, 0.1) is 0 Å². The standard InChI is InChI=1S/C22H33NO3/c1-2-21(22(24)23-14-7-15-25-19-10-5-6-11-19)26-20-13-12-17-8-3-4-9-18(17)16-20/h12-13,16,19,21H,2-11,14-15H2,1H3,(H,23,24)/t21-/m1/s1. The lowest BCUT2D eigenvalue weighted by Crippen LogP contribution is -2.38. The molecule has 0 unspecified atom stereocenters. The molecule has 1 aromatic carbocycles. The molecule has 4 nitrogen and oxygen atoms in total. The van der Waals surface area contributed by atoms with Gasteiger partial charge in [0.15, 0.2) is 6.10 Å². The summed E-state index contributed by atoms with van der Waals surface area (Å²) in [6.45, 7) is 3.37. The van der Waals surface area contributed by atoms with Gasteiger partial charge in [0.25, 0.3) is 5.91 Å². The SMILES string of the molecule is CC[C@@H](Oc1ccc2c(c1)CCCC2)C(=O)NCCCOC1CCCC1. The van der Waals surface area contributed by atoms with Gasteiger partial charge in [0.1, 0.15) is 5.75 Å². The van der Waals surface area contributed by atoms with E-state index in [2.05, 4.69) is 17.4 Å². The molecule has 0 bridgehead atoms. The molecule has 0 heterocycles. The van der Waals surface area contributed by atoms with Crippen molar-refractivity contribution in [1.29, 1.82) is 0 Å². The maximum atomic E-state index is 12.4. The molecule has 0 aromatic heterocycles. The molecule has 0 spiro atoms. The number of hydrogen-bond acceptors (Lipinski definition) is 3. The van der Waals surface area contributed by atoms with Crippen molar-refractivity contribution in [3.63, 3.8) is 0 Å². The Morgan fingerprint density at radius 1 is 1.15 bits per heavy atom. The average molecular weight is 360 g/mol. The molecule has 0 saturated heterocycles. The van der Waals surface area contributed by atoms with E-state index >= 15 is 0 Å². The van der Waals surface area contributed by atoms with Gasteiger partial charge in [-0.25, -0.2) is 0 Å². The van der Waals surface area contributed by atoms with E-state index in [0.717, 1.165) is 31.6 Å². The summed E-state index contributed by atoms with van der Waals surface area (Å²) >= 11 is 0. The summed E-state index contributed by atoms with van der Waals surface area (Å²) in [5.41, 5.74) is 2.82. The second-order valence-corrected chi connectivity index (χ2v) is 7.57. The summed E-state index contributed by atoms with van der Waals surface area (Å²) in [7, 11) is 0. The highest BCUT2D eigenvalue weighted by molar-refractivity contribution is 5.81. The van der Waals surface area contributed by atoms with Gasteiger partial charge in [-0.15, -0.1) is 0 Å². The predicted molar refractivity (Wildman–Crippen MR) is 104 cm³/mol. The van der Waals surface area contributed by atoms with Gasteiger partial charge >= 0.3 is 0 Å². The molecule has 1 amide bonds. The van der Waals surface area contributed by atoms with Gasteiger partial charge in [-0.3, -0.25) is 4.79 Å². The van der Waals surface area contributed by atoms with Crippen LogP contribution in [0.5, 0.6) is 5.75 Å². The molecule has 4 heteroatoms. The van der Waals surface area contributed by atoms with E-state index in [1.165, 1.54) is 49.7 Å². The first-order valence-electron chi connectivity index (χ1n) is 10.4. The highest BCUT2D eigenvalue weighted by atomic mass is 16.5. The van der Waals surface area contributed by atoms with E-state index in [4.69, 9.17) is 9.47 Å². The normalized spacial score (nSPS) is 18.3. The van der Waals surface area contributed by atoms with Crippen LogP contribution in [0.1, 0.15) is 69.4 Å². The number of hydrogen-bond donors (Lipinski definition) is 1. The lowest BCUT2D eigenvalue weighted by Gasteiger charge is -2.20. The highest BCUT2D eigenvalue weighted by Crippen LogP contribution is 2.26. The van der Waals surface area contributed by atoms with Crippen LogP contribution in [0.3, 0.4) is 0 Å². The molecule has 3 rings (SSSR count). The molecular weight excluding hydrogens is 326 g/mol. The first kappa shape index (κ1) is 19.2. The Morgan fingerprint density at radius 3 is 2.69 bits per heavy atom. The Balaban J connectivity index is 1.40. The molecule has 0 radical (unpaired) electrons. The van der Waals surface area contributed by atoms with Crippen molar-refractivity contribution in [3.05, 3.63) is 29.3 Å². The maximum absolute atomic E-state index is 12.4. The zero-order valence-corrected chi connectivity index (χ0v) is 16.1. The number of benzene rings is 1. The molecule has 1 atom stereocenters. The summed E-state index contributed by atoms with van der Waals surface area (Å²) in [6.07, 6.45) is 11.3. The summed E-state index contributed by atoms with van der Waals surface area (Å²) in [5.74, 6) is 0.795. The Labute approximate surface area is 157 Å². The van der Waals surface area contributed by atoms with Gasteiger partial charge < -0.3 is 14.8 Å². The lowest BCUT2D eigenvalue weighted by atomic mass is 9.92. The first-order chi connectivity index (χ1) is 12.8. The van der Waals surface area contributed by atoms with Gasteiger partial charge in [0.05, 0.1) is 6.10 Å². The summed E-state index contributed by atoms with van der Waals surface area (Å²) < 4.78 is 11.8. The van der Waals surface area contributed by atoms with Crippen LogP contribution in [0.15, 0.2) is 18.2 Å². The van der Waals surface area contributed by atoms with Gasteiger partial charge in [0, 0.05) is 13.2 Å². The molecule has 26 heavy (non-hydrogen) atoms. The Kier molecular flexibility index (Phi) is 7.36. The van der Waals surface area contributed by atoms with Crippen molar-refractivity contribution in [1.82, 2.24) is 5.32 Å². The third-order valence-corrected chi connectivity index (χ3v) is 5.54. The van der Waals surface area contributed by atoms with Crippen molar-refractivity contribution < 1.29 is 14.3 Å². The van der Waals surface area contributed by atoms with E-state index in [-0.39, 0.29) is 5.91 Å². The van der Waals surface area contributed by atoms with Crippen LogP contribution >= 0.6 is 0 Å². The second kappa shape index (κ2) is 9.96. The van der Waals surface area contributed by atoms with Gasteiger partial charge in [-0.05, 0) is 74.6 Å².